The monoisotopic (exact) mass is 282 g/mol. The molecule has 1 aromatic heterocycles. The number of hydrogen-bond acceptors (Lipinski definition) is 3. The second kappa shape index (κ2) is 7.26. The molecule has 0 saturated carbocycles. The lowest BCUT2D eigenvalue weighted by Gasteiger charge is -2.23. The van der Waals surface area contributed by atoms with Crippen molar-refractivity contribution >= 4 is 23.6 Å². The van der Waals surface area contributed by atoms with E-state index in [0.29, 0.717) is 18.1 Å². The minimum absolute atomic E-state index is 0.111. The zero-order valence-corrected chi connectivity index (χ0v) is 11.9. The standard InChI is InChI=1S/C14H19ClN2O2/c1-14(2,7-8-18)10-17-13(19)6-4-11-3-5-12(15)16-9-11/h3-6,9,18H,7-8,10H2,1-2H3,(H,17,19)/b6-4+. The number of aliphatic hydroxyl groups is 1. The van der Waals surface area contributed by atoms with Crippen molar-refractivity contribution < 1.29 is 9.90 Å². The first-order chi connectivity index (χ1) is 8.93. The van der Waals surface area contributed by atoms with Gasteiger partial charge in [-0.3, -0.25) is 4.79 Å². The average molecular weight is 283 g/mol. The number of amides is 1. The predicted octanol–water partition coefficient (Wildman–Crippen LogP) is 2.27. The molecule has 4 nitrogen and oxygen atoms in total. The van der Waals surface area contributed by atoms with Crippen molar-refractivity contribution in [2.24, 2.45) is 5.41 Å². The molecular formula is C14H19ClN2O2. The second-order valence-electron chi connectivity index (χ2n) is 5.10. The summed E-state index contributed by atoms with van der Waals surface area (Å²) in [6, 6.07) is 3.46. The Morgan fingerprint density at radius 3 is 2.84 bits per heavy atom. The number of aromatic nitrogens is 1. The lowest BCUT2D eigenvalue weighted by atomic mass is 9.90. The highest BCUT2D eigenvalue weighted by molar-refractivity contribution is 6.29. The van der Waals surface area contributed by atoms with Gasteiger partial charge in [-0.25, -0.2) is 4.98 Å². The molecule has 0 aromatic carbocycles. The van der Waals surface area contributed by atoms with Gasteiger partial charge in [0.15, 0.2) is 0 Å². The molecule has 0 spiro atoms. The quantitative estimate of drug-likeness (QED) is 0.621. The first-order valence-electron chi connectivity index (χ1n) is 6.11. The summed E-state index contributed by atoms with van der Waals surface area (Å²) in [7, 11) is 0. The van der Waals surface area contributed by atoms with Crippen molar-refractivity contribution in [2.75, 3.05) is 13.2 Å². The molecule has 1 rings (SSSR count). The van der Waals surface area contributed by atoms with Crippen molar-refractivity contribution in [2.45, 2.75) is 20.3 Å². The zero-order chi connectivity index (χ0) is 14.3. The summed E-state index contributed by atoms with van der Waals surface area (Å²) >= 11 is 5.67. The Kier molecular flexibility index (Phi) is 5.99. The van der Waals surface area contributed by atoms with Crippen LogP contribution in [0.15, 0.2) is 24.4 Å². The zero-order valence-electron chi connectivity index (χ0n) is 11.2. The highest BCUT2D eigenvalue weighted by atomic mass is 35.5. The molecule has 1 heterocycles. The summed E-state index contributed by atoms with van der Waals surface area (Å²) in [6.45, 7) is 4.64. The van der Waals surface area contributed by atoms with Crippen LogP contribution in [0.2, 0.25) is 5.15 Å². The van der Waals surface area contributed by atoms with E-state index in [1.165, 1.54) is 6.08 Å². The fraction of sp³-hybridized carbons (Fsp3) is 0.429. The molecule has 0 saturated heterocycles. The van der Waals surface area contributed by atoms with Gasteiger partial charge < -0.3 is 10.4 Å². The molecule has 0 radical (unpaired) electrons. The first kappa shape index (κ1) is 15.7. The van der Waals surface area contributed by atoms with Gasteiger partial charge >= 0.3 is 0 Å². The normalized spacial score (nSPS) is 11.8. The third-order valence-electron chi connectivity index (χ3n) is 2.71. The number of aliphatic hydroxyl groups excluding tert-OH is 1. The van der Waals surface area contributed by atoms with E-state index in [-0.39, 0.29) is 17.9 Å². The van der Waals surface area contributed by atoms with Gasteiger partial charge in [-0.2, -0.15) is 0 Å². The van der Waals surface area contributed by atoms with E-state index in [0.717, 1.165) is 5.56 Å². The van der Waals surface area contributed by atoms with Crippen LogP contribution in [-0.2, 0) is 4.79 Å². The van der Waals surface area contributed by atoms with Crippen LogP contribution in [0.25, 0.3) is 6.08 Å². The lowest BCUT2D eigenvalue weighted by Crippen LogP contribution is -2.33. The van der Waals surface area contributed by atoms with Crippen molar-refractivity contribution in [1.82, 2.24) is 10.3 Å². The van der Waals surface area contributed by atoms with Gasteiger partial charge in [0.25, 0.3) is 0 Å². The number of pyridine rings is 1. The highest BCUT2D eigenvalue weighted by Crippen LogP contribution is 2.17. The summed E-state index contributed by atoms with van der Waals surface area (Å²) < 4.78 is 0. The van der Waals surface area contributed by atoms with Crippen LogP contribution >= 0.6 is 11.6 Å². The van der Waals surface area contributed by atoms with Crippen molar-refractivity contribution in [3.63, 3.8) is 0 Å². The number of hydrogen-bond donors (Lipinski definition) is 2. The summed E-state index contributed by atoms with van der Waals surface area (Å²) in [6.07, 6.45) is 5.39. The number of carbonyl (C=O) groups excluding carboxylic acids is 1. The maximum absolute atomic E-state index is 11.6. The van der Waals surface area contributed by atoms with E-state index >= 15 is 0 Å². The van der Waals surface area contributed by atoms with Crippen LogP contribution in [0.3, 0.4) is 0 Å². The maximum atomic E-state index is 11.6. The van der Waals surface area contributed by atoms with Gasteiger partial charge in [0.1, 0.15) is 5.15 Å². The third kappa shape index (κ3) is 6.36. The van der Waals surface area contributed by atoms with E-state index in [4.69, 9.17) is 16.7 Å². The first-order valence-corrected chi connectivity index (χ1v) is 6.49. The largest absolute Gasteiger partial charge is 0.396 e. The summed E-state index contributed by atoms with van der Waals surface area (Å²) in [4.78, 5) is 15.5. The number of carbonyl (C=O) groups is 1. The Morgan fingerprint density at radius 1 is 1.53 bits per heavy atom. The molecule has 104 valence electrons. The van der Waals surface area contributed by atoms with Gasteiger partial charge in [-0.1, -0.05) is 31.5 Å². The molecule has 0 bridgehead atoms. The smallest absolute Gasteiger partial charge is 0.244 e. The van der Waals surface area contributed by atoms with E-state index in [2.05, 4.69) is 10.3 Å². The van der Waals surface area contributed by atoms with Crippen molar-refractivity contribution in [1.29, 1.82) is 0 Å². The van der Waals surface area contributed by atoms with E-state index in [9.17, 15) is 4.79 Å². The van der Waals surface area contributed by atoms with E-state index in [1.807, 2.05) is 13.8 Å². The average Bonchev–Trinajstić information content (AvgIpc) is 2.36. The SMILES string of the molecule is CC(C)(CCO)CNC(=O)/C=C/c1ccc(Cl)nc1. The van der Waals surface area contributed by atoms with Crippen molar-refractivity contribution in [3.8, 4) is 0 Å². The van der Waals surface area contributed by atoms with Crippen LogP contribution in [0.1, 0.15) is 25.8 Å². The Labute approximate surface area is 118 Å². The molecule has 0 unspecified atom stereocenters. The van der Waals surface area contributed by atoms with Gasteiger partial charge in [0.05, 0.1) is 0 Å². The van der Waals surface area contributed by atoms with E-state index < -0.39 is 0 Å². The number of halogens is 1. The molecule has 0 aliphatic rings. The second-order valence-corrected chi connectivity index (χ2v) is 5.49. The van der Waals surface area contributed by atoms with Gasteiger partial charge in [0.2, 0.25) is 5.91 Å². The molecule has 1 amide bonds. The molecule has 0 aliphatic heterocycles. The fourth-order valence-electron chi connectivity index (χ4n) is 1.43. The Morgan fingerprint density at radius 2 is 2.26 bits per heavy atom. The lowest BCUT2D eigenvalue weighted by molar-refractivity contribution is -0.116. The van der Waals surface area contributed by atoms with Gasteiger partial charge in [0, 0.05) is 25.4 Å². The molecular weight excluding hydrogens is 264 g/mol. The molecule has 1 aromatic rings. The highest BCUT2D eigenvalue weighted by Gasteiger charge is 2.17. The van der Waals surface area contributed by atoms with Crippen LogP contribution in [0.4, 0.5) is 0 Å². The number of nitrogens with zero attached hydrogens (tertiary/aromatic N) is 1. The summed E-state index contributed by atoms with van der Waals surface area (Å²) in [5, 5.41) is 12.1. The molecule has 5 heteroatoms. The number of nitrogens with one attached hydrogen (secondary N) is 1. The maximum Gasteiger partial charge on any atom is 0.244 e. The molecule has 0 fully saturated rings. The van der Waals surface area contributed by atoms with Crippen LogP contribution < -0.4 is 5.32 Å². The topological polar surface area (TPSA) is 62.2 Å². The number of rotatable bonds is 6. The van der Waals surface area contributed by atoms with Crippen LogP contribution in [0, 0.1) is 5.41 Å². The molecule has 2 N–H and O–H groups in total. The molecule has 0 aliphatic carbocycles. The third-order valence-corrected chi connectivity index (χ3v) is 2.93. The van der Waals surface area contributed by atoms with E-state index in [1.54, 1.807) is 24.4 Å². The van der Waals surface area contributed by atoms with Crippen molar-refractivity contribution in [3.05, 3.63) is 35.1 Å². The summed E-state index contributed by atoms with van der Waals surface area (Å²) in [5.41, 5.74) is 0.703. The fourth-order valence-corrected chi connectivity index (χ4v) is 1.55. The molecule has 0 atom stereocenters. The minimum atomic E-state index is -0.166. The Bertz CT molecular complexity index is 441. The molecule has 19 heavy (non-hydrogen) atoms. The van der Waals surface area contributed by atoms with Crippen LogP contribution in [0.5, 0.6) is 0 Å². The Balaban J connectivity index is 2.45. The van der Waals surface area contributed by atoms with Gasteiger partial charge in [-0.15, -0.1) is 0 Å². The summed E-state index contributed by atoms with van der Waals surface area (Å²) in [5.74, 6) is -0.166. The minimum Gasteiger partial charge on any atom is -0.396 e. The Hall–Kier alpha value is -1.39. The van der Waals surface area contributed by atoms with Crippen LogP contribution in [-0.4, -0.2) is 29.1 Å². The predicted molar refractivity (Wildman–Crippen MR) is 76.8 cm³/mol. The van der Waals surface area contributed by atoms with Gasteiger partial charge in [-0.05, 0) is 29.5 Å².